The molecule has 3 aromatic rings. The number of piperidine rings is 1. The number of rotatable bonds is 5. The Morgan fingerprint density at radius 2 is 2.00 bits per heavy atom. The lowest BCUT2D eigenvalue weighted by Crippen LogP contribution is -2.45. The predicted molar refractivity (Wildman–Crippen MR) is 117 cm³/mol. The molecule has 1 atom stereocenters. The molecule has 4 heterocycles. The number of amides is 1. The number of fused-ring (bicyclic) bond motifs is 1. The number of carbonyl (C=O) groups is 1. The van der Waals surface area contributed by atoms with E-state index in [0.29, 0.717) is 18.8 Å². The van der Waals surface area contributed by atoms with Crippen LogP contribution in [0.3, 0.4) is 0 Å². The zero-order chi connectivity index (χ0) is 21.3. The Bertz CT molecular complexity index is 1110. The highest BCUT2D eigenvalue weighted by Gasteiger charge is 2.42. The van der Waals surface area contributed by atoms with Crippen molar-refractivity contribution in [3.8, 4) is 0 Å². The normalized spacial score (nSPS) is 21.0. The van der Waals surface area contributed by atoms with Gasteiger partial charge in [0.2, 0.25) is 0 Å². The zero-order valence-corrected chi connectivity index (χ0v) is 17.4. The van der Waals surface area contributed by atoms with Crippen LogP contribution in [0.2, 0.25) is 0 Å². The van der Waals surface area contributed by atoms with E-state index in [-0.39, 0.29) is 23.2 Å². The summed E-state index contributed by atoms with van der Waals surface area (Å²) in [5, 5.41) is 3.96. The third-order valence-electron chi connectivity index (χ3n) is 6.57. The molecule has 2 aliphatic rings. The summed E-state index contributed by atoms with van der Waals surface area (Å²) in [7, 11) is 0. The summed E-state index contributed by atoms with van der Waals surface area (Å²) >= 11 is 0. The van der Waals surface area contributed by atoms with Gasteiger partial charge in [-0.25, -0.2) is 0 Å². The first kappa shape index (κ1) is 20.0. The Morgan fingerprint density at radius 1 is 1.16 bits per heavy atom. The largest absolute Gasteiger partial charge is 0.459 e. The number of ether oxygens (including phenoxy) is 1. The van der Waals surface area contributed by atoms with Crippen molar-refractivity contribution < 1.29 is 13.9 Å². The van der Waals surface area contributed by atoms with Gasteiger partial charge in [0.15, 0.2) is 5.76 Å². The summed E-state index contributed by atoms with van der Waals surface area (Å²) in [5.41, 5.74) is 1.56. The fourth-order valence-corrected chi connectivity index (χ4v) is 4.78. The first-order valence-corrected chi connectivity index (χ1v) is 10.9. The van der Waals surface area contributed by atoms with Crippen molar-refractivity contribution in [1.29, 1.82) is 0 Å². The van der Waals surface area contributed by atoms with Crippen LogP contribution in [0.1, 0.15) is 41.8 Å². The summed E-state index contributed by atoms with van der Waals surface area (Å²) in [4.78, 5) is 29.8. The van der Waals surface area contributed by atoms with Crippen LogP contribution in [0.5, 0.6) is 0 Å². The summed E-state index contributed by atoms with van der Waals surface area (Å²) in [5.74, 6) is 0.120. The number of likely N-dealkylation sites (tertiary alicyclic amines) is 1. The van der Waals surface area contributed by atoms with Crippen molar-refractivity contribution in [3.05, 3.63) is 70.4 Å². The lowest BCUT2D eigenvalue weighted by atomic mass is 9.88. The van der Waals surface area contributed by atoms with Gasteiger partial charge in [-0.3, -0.25) is 14.5 Å². The summed E-state index contributed by atoms with van der Waals surface area (Å²) in [6.45, 7) is 2.95. The molecule has 0 bridgehead atoms. The van der Waals surface area contributed by atoms with E-state index >= 15 is 0 Å². The lowest BCUT2D eigenvalue weighted by Gasteiger charge is -2.39. The second-order valence-corrected chi connectivity index (χ2v) is 8.64. The molecule has 1 amide bonds. The van der Waals surface area contributed by atoms with Crippen molar-refractivity contribution in [3.63, 3.8) is 0 Å². The van der Waals surface area contributed by atoms with Gasteiger partial charge in [-0.15, -0.1) is 0 Å². The molecular weight excluding hydrogens is 394 g/mol. The highest BCUT2D eigenvalue weighted by Crippen LogP contribution is 2.39. The molecule has 0 saturated carbocycles. The average molecular weight is 421 g/mol. The molecule has 0 radical (unpaired) electrons. The maximum absolute atomic E-state index is 12.5. The Kier molecular flexibility index (Phi) is 5.38. The number of carbonyl (C=O) groups excluding carboxylic acids is 1. The van der Waals surface area contributed by atoms with Gasteiger partial charge in [-0.1, -0.05) is 18.2 Å². The fourth-order valence-electron chi connectivity index (χ4n) is 4.78. The van der Waals surface area contributed by atoms with Crippen LogP contribution in [0.4, 0.5) is 0 Å². The standard InChI is InChI=1S/C24H27N3O4/c28-22-18(14-17-4-1-2-5-20(17)26-22)16-27-11-9-24(10-12-27)8-7-19(31-24)15-25-23(29)21-6-3-13-30-21/h1-6,13-14,19H,7-12,15-16H2,(H,25,29)(H,26,28)/t19-/m1/s1. The number of aromatic amines is 1. The van der Waals surface area contributed by atoms with E-state index in [0.717, 1.165) is 55.2 Å². The Morgan fingerprint density at radius 3 is 2.81 bits per heavy atom. The van der Waals surface area contributed by atoms with Crippen LogP contribution < -0.4 is 10.9 Å². The molecule has 162 valence electrons. The number of pyridine rings is 1. The summed E-state index contributed by atoms with van der Waals surface area (Å²) < 4.78 is 11.5. The molecule has 31 heavy (non-hydrogen) atoms. The van der Waals surface area contributed by atoms with Crippen molar-refractivity contribution in [2.45, 2.75) is 43.9 Å². The predicted octanol–water partition coefficient (Wildman–Crippen LogP) is 3.06. The van der Waals surface area contributed by atoms with Crippen LogP contribution in [0.15, 0.2) is 57.9 Å². The molecule has 0 unspecified atom stereocenters. The number of aromatic nitrogens is 1. The van der Waals surface area contributed by atoms with Crippen LogP contribution >= 0.6 is 0 Å². The fraction of sp³-hybridized carbons (Fsp3) is 0.417. The second-order valence-electron chi connectivity index (χ2n) is 8.64. The zero-order valence-electron chi connectivity index (χ0n) is 17.4. The van der Waals surface area contributed by atoms with Gasteiger partial charge in [0.1, 0.15) is 0 Å². The van der Waals surface area contributed by atoms with Crippen molar-refractivity contribution in [2.75, 3.05) is 19.6 Å². The molecule has 2 N–H and O–H groups in total. The highest BCUT2D eigenvalue weighted by molar-refractivity contribution is 5.91. The lowest BCUT2D eigenvalue weighted by molar-refractivity contribution is -0.0765. The molecule has 1 spiro atoms. The van der Waals surface area contributed by atoms with Crippen molar-refractivity contribution in [1.82, 2.24) is 15.2 Å². The minimum absolute atomic E-state index is 0.0107. The topological polar surface area (TPSA) is 87.6 Å². The maximum Gasteiger partial charge on any atom is 0.287 e. The smallest absolute Gasteiger partial charge is 0.287 e. The number of nitrogens with one attached hydrogen (secondary N) is 2. The molecule has 2 saturated heterocycles. The van der Waals surface area contributed by atoms with Gasteiger partial charge in [-0.2, -0.15) is 0 Å². The van der Waals surface area contributed by atoms with Crippen LogP contribution in [0.25, 0.3) is 10.9 Å². The number of nitrogens with zero attached hydrogens (tertiary/aromatic N) is 1. The Labute approximate surface area is 180 Å². The van der Waals surface area contributed by atoms with Gasteiger partial charge in [0, 0.05) is 37.3 Å². The number of hydrogen-bond donors (Lipinski definition) is 2. The van der Waals surface area contributed by atoms with Crippen LogP contribution in [0, 0.1) is 0 Å². The van der Waals surface area contributed by atoms with E-state index in [9.17, 15) is 9.59 Å². The number of benzene rings is 1. The molecular formula is C24H27N3O4. The van der Waals surface area contributed by atoms with E-state index in [2.05, 4.69) is 15.2 Å². The summed E-state index contributed by atoms with van der Waals surface area (Å²) in [6, 6.07) is 13.2. The molecule has 0 aliphatic carbocycles. The van der Waals surface area contributed by atoms with E-state index in [4.69, 9.17) is 9.15 Å². The first-order valence-electron chi connectivity index (χ1n) is 10.9. The first-order chi connectivity index (χ1) is 15.1. The minimum atomic E-state index is -0.204. The molecule has 5 rings (SSSR count). The quantitative estimate of drug-likeness (QED) is 0.661. The molecule has 7 nitrogen and oxygen atoms in total. The third-order valence-corrected chi connectivity index (χ3v) is 6.57. The van der Waals surface area contributed by atoms with Crippen LogP contribution in [-0.2, 0) is 11.3 Å². The number of para-hydroxylation sites is 1. The number of H-pyrrole nitrogens is 1. The van der Waals surface area contributed by atoms with Gasteiger partial charge in [0.05, 0.1) is 18.0 Å². The molecule has 2 aliphatic heterocycles. The van der Waals surface area contributed by atoms with Gasteiger partial charge in [0.25, 0.3) is 11.5 Å². The number of furan rings is 1. The Hall–Kier alpha value is -2.90. The maximum atomic E-state index is 12.5. The SMILES string of the molecule is O=C(NC[C@H]1CCC2(CCN(Cc3cc4ccccc4[nH]c3=O)CC2)O1)c1ccco1. The van der Waals surface area contributed by atoms with E-state index in [1.54, 1.807) is 12.1 Å². The number of hydrogen-bond acceptors (Lipinski definition) is 5. The van der Waals surface area contributed by atoms with Gasteiger partial charge in [-0.05, 0) is 55.3 Å². The summed E-state index contributed by atoms with van der Waals surface area (Å²) in [6.07, 6.45) is 5.38. The van der Waals surface area contributed by atoms with E-state index in [1.165, 1.54) is 6.26 Å². The van der Waals surface area contributed by atoms with E-state index in [1.807, 2.05) is 30.3 Å². The average Bonchev–Trinajstić information content (AvgIpc) is 3.45. The molecule has 2 aromatic heterocycles. The molecule has 2 fully saturated rings. The molecule has 1 aromatic carbocycles. The van der Waals surface area contributed by atoms with Gasteiger partial charge >= 0.3 is 0 Å². The second kappa shape index (κ2) is 8.32. The molecule has 7 heteroatoms. The van der Waals surface area contributed by atoms with Crippen molar-refractivity contribution in [2.24, 2.45) is 0 Å². The van der Waals surface area contributed by atoms with Crippen molar-refractivity contribution >= 4 is 16.8 Å². The van der Waals surface area contributed by atoms with Crippen LogP contribution in [-0.4, -0.2) is 47.1 Å². The van der Waals surface area contributed by atoms with E-state index < -0.39 is 0 Å². The van der Waals surface area contributed by atoms with Gasteiger partial charge < -0.3 is 19.5 Å². The minimum Gasteiger partial charge on any atom is -0.459 e. The third kappa shape index (κ3) is 4.29. The highest BCUT2D eigenvalue weighted by atomic mass is 16.5. The monoisotopic (exact) mass is 421 g/mol. The Balaban J connectivity index is 1.14.